The molecular formula is C5H9FN2O3S. The molecule has 0 bridgehead atoms. The van der Waals surface area contributed by atoms with Crippen LogP contribution in [0.4, 0.5) is 4.70 Å². The second-order valence-electron chi connectivity index (χ2n) is 2.27. The van der Waals surface area contributed by atoms with Gasteiger partial charge in [0.1, 0.15) is 0 Å². The summed E-state index contributed by atoms with van der Waals surface area (Å²) < 4.78 is 31.0. The maximum atomic E-state index is 10.5. The molecule has 5 nitrogen and oxygen atoms in total. The molecule has 0 aliphatic rings. The number of nitrogens with zero attached hydrogens (tertiary/aromatic N) is 2. The summed E-state index contributed by atoms with van der Waals surface area (Å²) >= 11 is 0. The molecular weight excluding hydrogens is 187 g/mol. The van der Waals surface area contributed by atoms with E-state index < -0.39 is 10.1 Å². The summed E-state index contributed by atoms with van der Waals surface area (Å²) in [4.78, 5) is 0. The first-order valence-corrected chi connectivity index (χ1v) is 4.33. The summed E-state index contributed by atoms with van der Waals surface area (Å²) in [6.45, 7) is 1.57. The fourth-order valence-electron chi connectivity index (χ4n) is 0.842. The van der Waals surface area contributed by atoms with E-state index in [9.17, 15) is 8.42 Å². The maximum Gasteiger partial charge on any atom is 0.314 e. The third-order valence-corrected chi connectivity index (χ3v) is 2.10. The quantitative estimate of drug-likeness (QED) is 0.648. The molecule has 0 unspecified atom stereocenters. The van der Waals surface area contributed by atoms with Crippen molar-refractivity contribution in [3.05, 3.63) is 11.8 Å². The van der Waals surface area contributed by atoms with E-state index in [0.717, 1.165) is 0 Å². The number of hydrogen-bond donors (Lipinski definition) is 1. The first-order chi connectivity index (χ1) is 4.91. The fraction of sp³-hybridized carbons (Fsp3) is 0.400. The van der Waals surface area contributed by atoms with E-state index in [2.05, 4.69) is 5.10 Å². The van der Waals surface area contributed by atoms with Gasteiger partial charge in [-0.05, 0) is 6.92 Å². The Morgan fingerprint density at radius 2 is 2.08 bits per heavy atom. The smallest absolute Gasteiger partial charge is 0.281 e. The van der Waals surface area contributed by atoms with Crippen LogP contribution in [0.5, 0.6) is 0 Å². The van der Waals surface area contributed by atoms with Crippen LogP contribution in [0, 0.1) is 6.92 Å². The van der Waals surface area contributed by atoms with Crippen molar-refractivity contribution in [2.75, 3.05) is 0 Å². The monoisotopic (exact) mass is 196 g/mol. The molecule has 1 aromatic rings. The Morgan fingerprint density at radius 3 is 2.25 bits per heavy atom. The Balaban J connectivity index is 0.00000121. The minimum absolute atomic E-state index is 0. The molecule has 0 radical (unpaired) electrons. The van der Waals surface area contributed by atoms with Crippen molar-refractivity contribution in [3.8, 4) is 0 Å². The second-order valence-corrected chi connectivity index (χ2v) is 3.60. The van der Waals surface area contributed by atoms with E-state index in [1.807, 2.05) is 0 Å². The van der Waals surface area contributed by atoms with Crippen LogP contribution in [-0.4, -0.2) is 22.8 Å². The molecule has 0 fully saturated rings. The van der Waals surface area contributed by atoms with Gasteiger partial charge in [-0.25, -0.2) is 0 Å². The average Bonchev–Trinajstić information content (AvgIpc) is 2.08. The van der Waals surface area contributed by atoms with Crippen molar-refractivity contribution in [2.24, 2.45) is 7.05 Å². The molecule has 1 N–H and O–H groups in total. The Hall–Kier alpha value is -0.950. The lowest BCUT2D eigenvalue weighted by Crippen LogP contribution is -2.01. The minimum Gasteiger partial charge on any atom is -0.281 e. The van der Waals surface area contributed by atoms with Gasteiger partial charge in [-0.2, -0.15) is 13.5 Å². The van der Waals surface area contributed by atoms with Crippen LogP contribution in [-0.2, 0) is 17.2 Å². The van der Waals surface area contributed by atoms with E-state index in [4.69, 9.17) is 4.55 Å². The summed E-state index contributed by atoms with van der Waals surface area (Å²) in [5.74, 6) is 0. The van der Waals surface area contributed by atoms with Crippen LogP contribution in [0.2, 0.25) is 0 Å². The highest BCUT2D eigenvalue weighted by molar-refractivity contribution is 7.85. The lowest BCUT2D eigenvalue weighted by molar-refractivity contribution is 0.476. The van der Waals surface area contributed by atoms with E-state index >= 15 is 0 Å². The normalized spacial score (nSPS) is 10.9. The third kappa shape index (κ3) is 2.02. The van der Waals surface area contributed by atoms with Crippen LogP contribution >= 0.6 is 0 Å². The van der Waals surface area contributed by atoms with E-state index in [0.29, 0.717) is 5.56 Å². The SMILES string of the molecule is Cc1cn(C)nc1S(=O)(=O)O.F. The molecule has 0 aliphatic heterocycles. The van der Waals surface area contributed by atoms with Crippen LogP contribution in [0.1, 0.15) is 5.56 Å². The Bertz CT molecular complexity index is 370. The predicted molar refractivity (Wildman–Crippen MR) is 40.3 cm³/mol. The van der Waals surface area contributed by atoms with Crippen LogP contribution in [0.15, 0.2) is 11.2 Å². The summed E-state index contributed by atoms with van der Waals surface area (Å²) in [6, 6.07) is 0. The molecule has 0 saturated carbocycles. The van der Waals surface area contributed by atoms with Crippen molar-refractivity contribution < 1.29 is 17.7 Å². The molecule has 1 heterocycles. The lowest BCUT2D eigenvalue weighted by atomic mass is 10.4. The van der Waals surface area contributed by atoms with Crippen LogP contribution < -0.4 is 0 Å². The van der Waals surface area contributed by atoms with Crippen LogP contribution in [0.3, 0.4) is 0 Å². The number of hydrogen-bond acceptors (Lipinski definition) is 3. The number of halogens is 1. The van der Waals surface area contributed by atoms with Gasteiger partial charge in [0.2, 0.25) is 5.03 Å². The standard InChI is InChI=1S/C5H8N2O3S.FH/c1-4-3-7(2)6-5(4)11(8,9)10;/h3H,1-2H3,(H,8,9,10);1H. The molecule has 0 saturated heterocycles. The van der Waals surface area contributed by atoms with Crippen molar-refractivity contribution >= 4 is 10.1 Å². The van der Waals surface area contributed by atoms with Gasteiger partial charge in [0.15, 0.2) is 0 Å². The largest absolute Gasteiger partial charge is 0.314 e. The van der Waals surface area contributed by atoms with E-state index in [1.54, 1.807) is 14.0 Å². The second kappa shape index (κ2) is 3.20. The van der Waals surface area contributed by atoms with Gasteiger partial charge in [0.25, 0.3) is 0 Å². The first-order valence-electron chi connectivity index (χ1n) is 2.89. The molecule has 0 aliphatic carbocycles. The summed E-state index contributed by atoms with van der Waals surface area (Å²) in [6.07, 6.45) is 1.52. The van der Waals surface area contributed by atoms with Gasteiger partial charge < -0.3 is 0 Å². The molecule has 7 heteroatoms. The predicted octanol–water partition coefficient (Wildman–Crippen LogP) is 0.128. The zero-order valence-corrected chi connectivity index (χ0v) is 7.37. The first kappa shape index (κ1) is 11.1. The molecule has 0 amide bonds. The minimum atomic E-state index is -4.14. The van der Waals surface area contributed by atoms with E-state index in [1.165, 1.54) is 10.9 Å². The maximum absolute atomic E-state index is 10.5. The highest BCUT2D eigenvalue weighted by atomic mass is 32.2. The van der Waals surface area contributed by atoms with Gasteiger partial charge in [-0.1, -0.05) is 0 Å². The Morgan fingerprint density at radius 1 is 1.58 bits per heavy atom. The molecule has 0 spiro atoms. The molecule has 70 valence electrons. The van der Waals surface area contributed by atoms with Crippen molar-refractivity contribution in [2.45, 2.75) is 11.9 Å². The highest BCUT2D eigenvalue weighted by Crippen LogP contribution is 2.09. The number of aryl methyl sites for hydroxylation is 2. The van der Waals surface area contributed by atoms with Crippen molar-refractivity contribution in [1.29, 1.82) is 0 Å². The number of rotatable bonds is 1. The summed E-state index contributed by atoms with van der Waals surface area (Å²) in [5.41, 5.74) is 0.440. The fourth-order valence-corrected chi connectivity index (χ4v) is 1.53. The molecule has 1 aromatic heterocycles. The zero-order chi connectivity index (χ0) is 8.65. The molecule has 0 atom stereocenters. The van der Waals surface area contributed by atoms with Gasteiger partial charge in [0, 0.05) is 18.8 Å². The van der Waals surface area contributed by atoms with Gasteiger partial charge >= 0.3 is 10.1 Å². The van der Waals surface area contributed by atoms with Crippen LogP contribution in [0.25, 0.3) is 0 Å². The Labute approximate surface area is 69.1 Å². The molecule has 1 rings (SSSR count). The van der Waals surface area contributed by atoms with Gasteiger partial charge in [-0.15, -0.1) is 0 Å². The molecule has 12 heavy (non-hydrogen) atoms. The molecule has 0 aromatic carbocycles. The highest BCUT2D eigenvalue weighted by Gasteiger charge is 2.16. The van der Waals surface area contributed by atoms with Gasteiger partial charge in [0.05, 0.1) is 0 Å². The third-order valence-electron chi connectivity index (χ3n) is 1.21. The van der Waals surface area contributed by atoms with Crippen molar-refractivity contribution in [1.82, 2.24) is 9.78 Å². The van der Waals surface area contributed by atoms with E-state index in [-0.39, 0.29) is 9.73 Å². The summed E-state index contributed by atoms with van der Waals surface area (Å²) in [5, 5.41) is 3.28. The van der Waals surface area contributed by atoms with Crippen molar-refractivity contribution in [3.63, 3.8) is 0 Å². The topological polar surface area (TPSA) is 72.2 Å². The Kier molecular flexibility index (Phi) is 2.94. The lowest BCUT2D eigenvalue weighted by Gasteiger charge is -1.89. The average molecular weight is 196 g/mol. The summed E-state index contributed by atoms with van der Waals surface area (Å²) in [7, 11) is -2.56. The zero-order valence-electron chi connectivity index (χ0n) is 6.55. The number of aromatic nitrogens is 2. The van der Waals surface area contributed by atoms with Gasteiger partial charge in [-0.3, -0.25) is 13.9 Å².